The van der Waals surface area contributed by atoms with Crippen LogP contribution >= 0.6 is 0 Å². The second kappa shape index (κ2) is 8.21. The van der Waals surface area contributed by atoms with Gasteiger partial charge in [-0.1, -0.05) is 36.4 Å². The number of rotatable bonds is 6. The molecule has 0 aliphatic rings. The van der Waals surface area contributed by atoms with E-state index in [9.17, 15) is 9.59 Å². The number of hydrogen-bond donors (Lipinski definition) is 2. The predicted octanol–water partition coefficient (Wildman–Crippen LogP) is 3.94. The van der Waals surface area contributed by atoms with Crippen LogP contribution in [-0.2, 0) is 4.79 Å². The smallest absolute Gasteiger partial charge is 0.251 e. The lowest BCUT2D eigenvalue weighted by atomic mass is 9.96. The summed E-state index contributed by atoms with van der Waals surface area (Å²) in [4.78, 5) is 28.4. The normalized spacial score (nSPS) is 11.2. The Morgan fingerprint density at radius 2 is 1.71 bits per heavy atom. The van der Waals surface area contributed by atoms with Crippen molar-refractivity contribution in [3.8, 4) is 11.1 Å². The minimum absolute atomic E-state index is 0.0321. The quantitative estimate of drug-likeness (QED) is 0.686. The third-order valence-electron chi connectivity index (χ3n) is 4.83. The Bertz CT molecular complexity index is 989. The average Bonchev–Trinajstić information content (AvgIpc) is 2.71. The van der Waals surface area contributed by atoms with Gasteiger partial charge in [0, 0.05) is 47.9 Å². The van der Waals surface area contributed by atoms with Crippen LogP contribution in [0.25, 0.3) is 21.9 Å². The molecule has 0 spiro atoms. The van der Waals surface area contributed by atoms with Gasteiger partial charge in [-0.05, 0) is 43.4 Å². The van der Waals surface area contributed by atoms with E-state index in [0.29, 0.717) is 18.4 Å². The fraction of sp³-hybridized carbons (Fsp3) is 0.261. The van der Waals surface area contributed by atoms with Crippen molar-refractivity contribution < 1.29 is 9.59 Å². The Morgan fingerprint density at radius 1 is 1.00 bits per heavy atom. The van der Waals surface area contributed by atoms with Gasteiger partial charge < -0.3 is 10.6 Å². The molecule has 1 aromatic heterocycles. The Morgan fingerprint density at radius 3 is 2.43 bits per heavy atom. The molecule has 0 aliphatic carbocycles. The van der Waals surface area contributed by atoms with Crippen LogP contribution in [0.1, 0.15) is 37.0 Å². The van der Waals surface area contributed by atoms with E-state index in [0.717, 1.165) is 21.9 Å². The first-order valence-corrected chi connectivity index (χ1v) is 9.36. The Hall–Kier alpha value is -3.21. The lowest BCUT2D eigenvalue weighted by Gasteiger charge is -2.26. The molecule has 3 aromatic rings. The number of amides is 2. The summed E-state index contributed by atoms with van der Waals surface area (Å²) < 4.78 is 0. The van der Waals surface area contributed by atoms with Crippen LogP contribution in [0.3, 0.4) is 0 Å². The molecular formula is C23H25N3O2. The summed E-state index contributed by atoms with van der Waals surface area (Å²) in [5.74, 6) is -0.181. The summed E-state index contributed by atoms with van der Waals surface area (Å²) in [6, 6.07) is 15.6. The van der Waals surface area contributed by atoms with Gasteiger partial charge in [0.05, 0.1) is 0 Å². The topological polar surface area (TPSA) is 71.1 Å². The first-order valence-electron chi connectivity index (χ1n) is 9.36. The van der Waals surface area contributed by atoms with Crippen LogP contribution in [0.15, 0.2) is 60.9 Å². The van der Waals surface area contributed by atoms with Crippen LogP contribution in [0.4, 0.5) is 0 Å². The number of aromatic nitrogens is 1. The van der Waals surface area contributed by atoms with Gasteiger partial charge in [0.15, 0.2) is 0 Å². The molecule has 0 fully saturated rings. The molecule has 0 atom stereocenters. The molecule has 0 aliphatic heterocycles. The number of hydrogen-bond acceptors (Lipinski definition) is 3. The lowest BCUT2D eigenvalue weighted by Crippen LogP contribution is -2.44. The summed E-state index contributed by atoms with van der Waals surface area (Å²) in [6.45, 7) is 3.84. The molecule has 2 amide bonds. The minimum atomic E-state index is -0.470. The lowest BCUT2D eigenvalue weighted by molar-refractivity contribution is -0.121. The molecule has 1 heterocycles. The molecule has 2 N–H and O–H groups in total. The molecule has 28 heavy (non-hydrogen) atoms. The van der Waals surface area contributed by atoms with Crippen LogP contribution in [0.2, 0.25) is 0 Å². The molecule has 0 bridgehead atoms. The van der Waals surface area contributed by atoms with Crippen molar-refractivity contribution in [2.45, 2.75) is 32.2 Å². The molecule has 5 heteroatoms. The SMILES string of the molecule is CNC(=O)CCC(C)(C)NC(=O)c1ccc(-c2cncc3ccccc23)cc1. The van der Waals surface area contributed by atoms with Gasteiger partial charge in [-0.25, -0.2) is 0 Å². The minimum Gasteiger partial charge on any atom is -0.359 e. The van der Waals surface area contributed by atoms with E-state index in [1.54, 1.807) is 7.05 Å². The fourth-order valence-corrected chi connectivity index (χ4v) is 3.14. The predicted molar refractivity (Wildman–Crippen MR) is 112 cm³/mol. The number of carbonyl (C=O) groups excluding carboxylic acids is 2. The maximum atomic E-state index is 12.6. The van der Waals surface area contributed by atoms with E-state index in [1.165, 1.54) is 0 Å². The van der Waals surface area contributed by atoms with Crippen molar-refractivity contribution in [2.24, 2.45) is 0 Å². The highest BCUT2D eigenvalue weighted by atomic mass is 16.2. The maximum Gasteiger partial charge on any atom is 0.251 e. The molecule has 0 radical (unpaired) electrons. The van der Waals surface area contributed by atoms with Gasteiger partial charge in [0.2, 0.25) is 5.91 Å². The van der Waals surface area contributed by atoms with E-state index in [4.69, 9.17) is 0 Å². The van der Waals surface area contributed by atoms with E-state index >= 15 is 0 Å². The first-order chi connectivity index (χ1) is 13.4. The van der Waals surface area contributed by atoms with E-state index in [-0.39, 0.29) is 11.8 Å². The summed E-state index contributed by atoms with van der Waals surface area (Å²) in [7, 11) is 1.61. The number of fused-ring (bicyclic) bond motifs is 1. The average molecular weight is 375 g/mol. The van der Waals surface area contributed by atoms with E-state index in [1.807, 2.05) is 68.7 Å². The van der Waals surface area contributed by atoms with Crippen LogP contribution < -0.4 is 10.6 Å². The van der Waals surface area contributed by atoms with Crippen molar-refractivity contribution >= 4 is 22.6 Å². The first kappa shape index (κ1) is 19.5. The van der Waals surface area contributed by atoms with Crippen molar-refractivity contribution in [1.82, 2.24) is 15.6 Å². The second-order valence-corrected chi connectivity index (χ2v) is 7.50. The zero-order valence-electron chi connectivity index (χ0n) is 16.5. The standard InChI is InChI=1S/C23H25N3O2/c1-23(2,13-12-21(27)24-3)26-22(28)17-10-8-16(9-11-17)20-15-25-14-18-6-4-5-7-19(18)20/h4-11,14-15H,12-13H2,1-3H3,(H,24,27)(H,26,28). The summed E-state index contributed by atoms with van der Waals surface area (Å²) >= 11 is 0. The van der Waals surface area contributed by atoms with Crippen LogP contribution in [-0.4, -0.2) is 29.4 Å². The number of nitrogens with zero attached hydrogens (tertiary/aromatic N) is 1. The summed E-state index contributed by atoms with van der Waals surface area (Å²) in [5.41, 5.74) is 2.17. The largest absolute Gasteiger partial charge is 0.359 e. The van der Waals surface area contributed by atoms with Gasteiger partial charge in [-0.3, -0.25) is 14.6 Å². The third-order valence-corrected chi connectivity index (χ3v) is 4.83. The summed E-state index contributed by atoms with van der Waals surface area (Å²) in [6.07, 6.45) is 4.63. The highest BCUT2D eigenvalue weighted by Crippen LogP contribution is 2.27. The molecule has 0 saturated carbocycles. The molecular weight excluding hydrogens is 350 g/mol. The van der Waals surface area contributed by atoms with E-state index < -0.39 is 5.54 Å². The van der Waals surface area contributed by atoms with Gasteiger partial charge >= 0.3 is 0 Å². The Balaban J connectivity index is 1.75. The van der Waals surface area contributed by atoms with Crippen molar-refractivity contribution in [3.05, 3.63) is 66.5 Å². The van der Waals surface area contributed by atoms with E-state index in [2.05, 4.69) is 21.7 Å². The maximum absolute atomic E-state index is 12.6. The number of carbonyl (C=O) groups is 2. The monoisotopic (exact) mass is 375 g/mol. The Labute approximate surface area is 165 Å². The molecule has 2 aromatic carbocycles. The second-order valence-electron chi connectivity index (χ2n) is 7.50. The zero-order chi connectivity index (χ0) is 20.1. The molecule has 0 saturated heterocycles. The van der Waals surface area contributed by atoms with Crippen LogP contribution in [0, 0.1) is 0 Å². The number of nitrogens with one attached hydrogen (secondary N) is 2. The van der Waals surface area contributed by atoms with Gasteiger partial charge in [-0.2, -0.15) is 0 Å². The fourth-order valence-electron chi connectivity index (χ4n) is 3.14. The van der Waals surface area contributed by atoms with Crippen molar-refractivity contribution in [2.75, 3.05) is 7.05 Å². The molecule has 144 valence electrons. The molecule has 3 rings (SSSR count). The Kier molecular flexibility index (Phi) is 5.73. The highest BCUT2D eigenvalue weighted by Gasteiger charge is 2.22. The number of pyridine rings is 1. The molecule has 0 unspecified atom stereocenters. The zero-order valence-corrected chi connectivity index (χ0v) is 16.5. The number of benzene rings is 2. The highest BCUT2D eigenvalue weighted by molar-refractivity contribution is 5.98. The molecule has 5 nitrogen and oxygen atoms in total. The van der Waals surface area contributed by atoms with Gasteiger partial charge in [0.25, 0.3) is 5.91 Å². The van der Waals surface area contributed by atoms with Gasteiger partial charge in [0.1, 0.15) is 0 Å². The van der Waals surface area contributed by atoms with Gasteiger partial charge in [-0.15, -0.1) is 0 Å². The van der Waals surface area contributed by atoms with Crippen LogP contribution in [0.5, 0.6) is 0 Å². The van der Waals surface area contributed by atoms with Crippen molar-refractivity contribution in [3.63, 3.8) is 0 Å². The van der Waals surface area contributed by atoms with Crippen molar-refractivity contribution in [1.29, 1.82) is 0 Å². The summed E-state index contributed by atoms with van der Waals surface area (Å²) in [5, 5.41) is 7.82. The third kappa shape index (κ3) is 4.55.